The number of sulfonamides is 1. The molecule has 0 unspecified atom stereocenters. The minimum absolute atomic E-state index is 0.0816. The Morgan fingerprint density at radius 3 is 2.48 bits per heavy atom. The first kappa shape index (κ1) is 20.3. The molecule has 2 heterocycles. The number of nitrogens with zero attached hydrogens (tertiary/aromatic N) is 4. The van der Waals surface area contributed by atoms with Crippen LogP contribution in [0.2, 0.25) is 0 Å². The Morgan fingerprint density at radius 1 is 1.03 bits per heavy atom. The van der Waals surface area contributed by atoms with Crippen LogP contribution in [0.1, 0.15) is 38.5 Å². The Kier molecular flexibility index (Phi) is 5.37. The van der Waals surface area contributed by atoms with Crippen molar-refractivity contribution in [1.29, 1.82) is 0 Å². The van der Waals surface area contributed by atoms with Crippen LogP contribution in [0.5, 0.6) is 0 Å². The van der Waals surface area contributed by atoms with E-state index in [2.05, 4.69) is 25.1 Å². The van der Waals surface area contributed by atoms with Crippen molar-refractivity contribution in [2.75, 3.05) is 5.32 Å². The number of fused-ring (bicyclic) bond motifs is 1. The summed E-state index contributed by atoms with van der Waals surface area (Å²) in [4.78, 5) is 9.28. The second kappa shape index (κ2) is 8.18. The average Bonchev–Trinajstić information content (AvgIpc) is 3.48. The molecule has 164 valence electrons. The first-order valence-corrected chi connectivity index (χ1v) is 12.3. The lowest BCUT2D eigenvalue weighted by Crippen LogP contribution is -2.28. The van der Waals surface area contributed by atoms with Crippen LogP contribution in [-0.4, -0.2) is 40.2 Å². The normalized spacial score (nSPS) is 22.0. The maximum absolute atomic E-state index is 12.3. The van der Waals surface area contributed by atoms with E-state index in [4.69, 9.17) is 5.73 Å². The number of nitrogens with two attached hydrogens (primary N) is 1. The van der Waals surface area contributed by atoms with E-state index in [0.717, 1.165) is 61.8 Å². The van der Waals surface area contributed by atoms with Crippen LogP contribution >= 0.6 is 0 Å². The average molecular weight is 442 g/mol. The van der Waals surface area contributed by atoms with Gasteiger partial charge >= 0.3 is 0 Å². The molecule has 3 aromatic rings. The molecular weight excluding hydrogens is 414 g/mol. The lowest BCUT2D eigenvalue weighted by molar-refractivity contribution is 0.288. The van der Waals surface area contributed by atoms with Crippen molar-refractivity contribution in [2.45, 2.75) is 62.0 Å². The summed E-state index contributed by atoms with van der Waals surface area (Å²) in [6.45, 7) is 0.827. The summed E-state index contributed by atoms with van der Waals surface area (Å²) in [5.74, 6) is 1.01. The number of benzene rings is 1. The molecule has 0 saturated heterocycles. The zero-order valence-corrected chi connectivity index (χ0v) is 18.1. The number of hydrogen-bond acceptors (Lipinski definition) is 7. The molecule has 0 atom stereocenters. The molecule has 10 heteroatoms. The number of hydrogen-bond donors (Lipinski definition) is 3. The summed E-state index contributed by atoms with van der Waals surface area (Å²) in [6.07, 6.45) is 9.71. The summed E-state index contributed by atoms with van der Waals surface area (Å²) in [6, 6.07) is 7.02. The Labute approximate surface area is 181 Å². The van der Waals surface area contributed by atoms with Gasteiger partial charge in [-0.05, 0) is 68.7 Å². The minimum Gasteiger partial charge on any atom is -0.328 e. The smallest absolute Gasteiger partial charge is 0.240 e. The molecule has 2 aliphatic carbocycles. The molecular formula is C21H27N7O2S. The fraction of sp³-hybridized carbons (Fsp3) is 0.476. The van der Waals surface area contributed by atoms with Crippen LogP contribution in [0.3, 0.4) is 0 Å². The van der Waals surface area contributed by atoms with Gasteiger partial charge in [0, 0.05) is 30.5 Å². The predicted molar refractivity (Wildman–Crippen MR) is 118 cm³/mol. The zero-order valence-electron chi connectivity index (χ0n) is 17.2. The van der Waals surface area contributed by atoms with Crippen molar-refractivity contribution in [3.8, 4) is 0 Å². The fourth-order valence-electron chi connectivity index (χ4n) is 4.01. The Hall–Kier alpha value is -2.56. The quantitative estimate of drug-likeness (QED) is 0.514. The predicted octanol–water partition coefficient (Wildman–Crippen LogP) is 2.53. The van der Waals surface area contributed by atoms with Crippen LogP contribution in [-0.2, 0) is 16.6 Å². The van der Waals surface area contributed by atoms with Gasteiger partial charge in [-0.15, -0.1) is 0 Å². The van der Waals surface area contributed by atoms with E-state index in [1.54, 1.807) is 36.7 Å². The molecule has 0 amide bonds. The van der Waals surface area contributed by atoms with Gasteiger partial charge in [0.2, 0.25) is 16.0 Å². The molecule has 2 aliphatic rings. The fourth-order valence-corrected chi connectivity index (χ4v) is 5.32. The molecule has 0 aliphatic heterocycles. The number of nitrogens with one attached hydrogen (secondary N) is 2. The van der Waals surface area contributed by atoms with Crippen molar-refractivity contribution >= 4 is 32.7 Å². The summed E-state index contributed by atoms with van der Waals surface area (Å²) >= 11 is 0. The molecule has 5 rings (SSSR count). The Bertz CT molecular complexity index is 1160. The van der Waals surface area contributed by atoms with Crippen LogP contribution in [0, 0.1) is 5.92 Å². The monoisotopic (exact) mass is 441 g/mol. The van der Waals surface area contributed by atoms with E-state index in [9.17, 15) is 8.42 Å². The highest BCUT2D eigenvalue weighted by atomic mass is 32.2. The third-order valence-corrected chi connectivity index (χ3v) is 7.56. The van der Waals surface area contributed by atoms with Gasteiger partial charge in [0.25, 0.3) is 0 Å². The molecule has 4 N–H and O–H groups in total. The van der Waals surface area contributed by atoms with Crippen molar-refractivity contribution in [2.24, 2.45) is 11.7 Å². The van der Waals surface area contributed by atoms with E-state index in [-0.39, 0.29) is 10.9 Å². The van der Waals surface area contributed by atoms with Crippen LogP contribution < -0.4 is 15.8 Å². The van der Waals surface area contributed by atoms with Gasteiger partial charge in [-0.2, -0.15) is 10.1 Å². The van der Waals surface area contributed by atoms with Crippen molar-refractivity contribution in [3.63, 3.8) is 0 Å². The third kappa shape index (κ3) is 4.70. The van der Waals surface area contributed by atoms with Gasteiger partial charge in [-0.25, -0.2) is 22.8 Å². The molecule has 1 aromatic carbocycles. The maximum Gasteiger partial charge on any atom is 0.240 e. The van der Waals surface area contributed by atoms with E-state index in [0.29, 0.717) is 17.9 Å². The second-order valence-electron chi connectivity index (χ2n) is 8.62. The minimum atomic E-state index is -3.46. The second-order valence-corrected chi connectivity index (χ2v) is 10.3. The van der Waals surface area contributed by atoms with Gasteiger partial charge in [0.1, 0.15) is 0 Å². The Morgan fingerprint density at radius 2 is 1.77 bits per heavy atom. The molecule has 31 heavy (non-hydrogen) atoms. The van der Waals surface area contributed by atoms with Gasteiger partial charge < -0.3 is 11.1 Å². The van der Waals surface area contributed by atoms with E-state index in [1.807, 2.05) is 4.68 Å². The molecule has 0 radical (unpaired) electrons. The Balaban J connectivity index is 1.30. The first-order chi connectivity index (χ1) is 15.0. The van der Waals surface area contributed by atoms with Gasteiger partial charge in [-0.3, -0.25) is 0 Å². The third-order valence-electron chi connectivity index (χ3n) is 6.02. The standard InChI is InChI=1S/C21H27N7O2S/c22-16-3-1-14(2-4-16)13-28-20-15(12-24-28)11-23-21(26-20)25-17-7-9-19(10-8-17)31(29,30)27-18-5-6-18/h7-12,14,16,18,27H,1-6,13,22H2,(H,23,25,26). The SMILES string of the molecule is NC1CCC(Cn2ncc3cnc(Nc4ccc(S(=O)(=O)NC5CC5)cc4)nc32)CC1. The molecule has 0 spiro atoms. The molecule has 0 bridgehead atoms. The highest BCUT2D eigenvalue weighted by molar-refractivity contribution is 7.89. The van der Waals surface area contributed by atoms with Gasteiger partial charge in [0.15, 0.2) is 5.65 Å². The van der Waals surface area contributed by atoms with Crippen molar-refractivity contribution in [1.82, 2.24) is 24.5 Å². The number of aromatic nitrogens is 4. The van der Waals surface area contributed by atoms with E-state index >= 15 is 0 Å². The van der Waals surface area contributed by atoms with Crippen LogP contribution in [0.15, 0.2) is 41.6 Å². The van der Waals surface area contributed by atoms with Gasteiger partial charge in [-0.1, -0.05) is 0 Å². The van der Waals surface area contributed by atoms with E-state index < -0.39 is 10.0 Å². The topological polar surface area (TPSA) is 128 Å². The lowest BCUT2D eigenvalue weighted by Gasteiger charge is -2.25. The van der Waals surface area contributed by atoms with Crippen molar-refractivity contribution < 1.29 is 8.42 Å². The summed E-state index contributed by atoms with van der Waals surface area (Å²) in [7, 11) is -3.46. The largest absolute Gasteiger partial charge is 0.328 e. The maximum atomic E-state index is 12.3. The molecule has 2 saturated carbocycles. The zero-order chi connectivity index (χ0) is 21.4. The van der Waals surface area contributed by atoms with Crippen molar-refractivity contribution in [3.05, 3.63) is 36.7 Å². The molecule has 9 nitrogen and oxygen atoms in total. The first-order valence-electron chi connectivity index (χ1n) is 10.8. The molecule has 2 fully saturated rings. The summed E-state index contributed by atoms with van der Waals surface area (Å²) < 4.78 is 29.3. The highest BCUT2D eigenvalue weighted by Crippen LogP contribution is 2.26. The van der Waals surface area contributed by atoms with Crippen LogP contribution in [0.25, 0.3) is 11.0 Å². The highest BCUT2D eigenvalue weighted by Gasteiger charge is 2.27. The van der Waals surface area contributed by atoms with E-state index in [1.165, 1.54) is 0 Å². The molecule has 2 aromatic heterocycles. The van der Waals surface area contributed by atoms with Crippen LogP contribution in [0.4, 0.5) is 11.6 Å². The van der Waals surface area contributed by atoms with Gasteiger partial charge in [0.05, 0.1) is 16.5 Å². The number of rotatable bonds is 7. The summed E-state index contributed by atoms with van der Waals surface area (Å²) in [5.41, 5.74) is 7.53. The summed E-state index contributed by atoms with van der Waals surface area (Å²) in [5, 5.41) is 8.56. The lowest BCUT2D eigenvalue weighted by atomic mass is 9.86. The number of anilines is 2.